The van der Waals surface area contributed by atoms with E-state index in [-0.39, 0.29) is 29.7 Å². The number of rotatable bonds is 12. The van der Waals surface area contributed by atoms with Gasteiger partial charge in [0.2, 0.25) is 0 Å². The number of aromatic nitrogens is 3. The van der Waals surface area contributed by atoms with E-state index in [4.69, 9.17) is 31.4 Å². The van der Waals surface area contributed by atoms with Crippen LogP contribution in [0.1, 0.15) is 180 Å². The van der Waals surface area contributed by atoms with Gasteiger partial charge in [0.25, 0.3) is 17.7 Å². The van der Waals surface area contributed by atoms with E-state index in [2.05, 4.69) is 27.1 Å². The van der Waals surface area contributed by atoms with Crippen LogP contribution in [0.4, 0.5) is 0 Å². The summed E-state index contributed by atoms with van der Waals surface area (Å²) in [4.78, 5) is 80.2. The number of aromatic amines is 3. The second kappa shape index (κ2) is 22.6. The van der Waals surface area contributed by atoms with Gasteiger partial charge in [-0.25, -0.2) is 0 Å². The molecule has 4 atom stereocenters. The Labute approximate surface area is 438 Å². The molecule has 398 valence electrons. The first-order chi connectivity index (χ1) is 35.2. The van der Waals surface area contributed by atoms with Crippen LogP contribution < -0.4 is 17.2 Å². The number of fused-ring (bicyclic) bond motifs is 3. The summed E-state index contributed by atoms with van der Waals surface area (Å²) in [6, 6.07) is 17.1. The van der Waals surface area contributed by atoms with Crippen molar-refractivity contribution in [2.24, 2.45) is 35.0 Å². The number of amides is 3. The van der Waals surface area contributed by atoms with Crippen LogP contribution in [-0.4, -0.2) is 67.4 Å². The van der Waals surface area contributed by atoms with Crippen LogP contribution in [0.5, 0.6) is 0 Å². The summed E-state index contributed by atoms with van der Waals surface area (Å²) in [5.41, 5.74) is 24.7. The average Bonchev–Trinajstić information content (AvgIpc) is 4.16. The van der Waals surface area contributed by atoms with Crippen molar-refractivity contribution in [1.29, 1.82) is 0 Å². The van der Waals surface area contributed by atoms with E-state index in [9.17, 15) is 28.8 Å². The van der Waals surface area contributed by atoms with Gasteiger partial charge in [-0.2, -0.15) is 0 Å². The highest BCUT2D eigenvalue weighted by atomic mass is 16.6. The average molecular weight is 1020 g/mol. The van der Waals surface area contributed by atoms with Crippen LogP contribution in [0.2, 0.25) is 0 Å². The molecule has 0 aliphatic heterocycles. The second-order valence-electron chi connectivity index (χ2n) is 23.2. The molecule has 3 aromatic carbocycles. The van der Waals surface area contributed by atoms with Gasteiger partial charge in [-0.15, -0.1) is 0 Å². The van der Waals surface area contributed by atoms with Gasteiger partial charge in [-0.3, -0.25) is 28.8 Å². The highest BCUT2D eigenvalue weighted by Crippen LogP contribution is 2.43. The van der Waals surface area contributed by atoms with E-state index in [0.29, 0.717) is 47.8 Å². The summed E-state index contributed by atoms with van der Waals surface area (Å²) in [6.07, 6.45) is 17.7. The molecule has 0 bridgehead atoms. The Morgan fingerprint density at radius 3 is 1.45 bits per heavy atom. The molecule has 3 heterocycles. The van der Waals surface area contributed by atoms with Crippen molar-refractivity contribution < 1.29 is 43.0 Å². The van der Waals surface area contributed by atoms with Crippen molar-refractivity contribution in [1.82, 2.24) is 15.0 Å². The van der Waals surface area contributed by atoms with E-state index in [1.54, 1.807) is 18.2 Å². The van der Waals surface area contributed by atoms with Gasteiger partial charge in [0, 0.05) is 47.6 Å². The normalized spacial score (nSPS) is 18.6. The van der Waals surface area contributed by atoms with E-state index in [1.165, 1.54) is 16.7 Å². The lowest BCUT2D eigenvalue weighted by Gasteiger charge is -2.21. The molecule has 3 aromatic heterocycles. The van der Waals surface area contributed by atoms with E-state index in [0.717, 1.165) is 88.8 Å². The van der Waals surface area contributed by atoms with Crippen LogP contribution in [0, 0.1) is 17.8 Å². The first kappa shape index (κ1) is 55.3. The van der Waals surface area contributed by atoms with Gasteiger partial charge in [-0.05, 0) is 195 Å². The number of hydrogen-bond donors (Lipinski definition) is 6. The Kier molecular flexibility index (Phi) is 16.7. The van der Waals surface area contributed by atoms with E-state index < -0.39 is 34.5 Å². The predicted molar refractivity (Wildman–Crippen MR) is 293 cm³/mol. The number of H-pyrrole nitrogens is 3. The molecule has 75 heavy (non-hydrogen) atoms. The van der Waals surface area contributed by atoms with Gasteiger partial charge in [0.05, 0.1) is 39.7 Å². The lowest BCUT2D eigenvalue weighted by atomic mass is 9.91. The number of carbonyl (C=O) groups is 6. The smallest absolute Gasteiger partial charge is 0.306 e. The zero-order chi connectivity index (χ0) is 54.6. The lowest BCUT2D eigenvalue weighted by Crippen LogP contribution is -2.25. The number of esters is 3. The Morgan fingerprint density at radius 1 is 0.520 bits per heavy atom. The molecular formula is C60H74N6O9. The van der Waals surface area contributed by atoms with Gasteiger partial charge in [0.1, 0.15) is 16.8 Å². The number of benzene rings is 3. The monoisotopic (exact) mass is 1020 g/mol. The first-order valence-corrected chi connectivity index (χ1v) is 26.0. The topological polar surface area (TPSA) is 256 Å². The van der Waals surface area contributed by atoms with Crippen LogP contribution in [0.15, 0.2) is 85.3 Å². The number of nitrogens with two attached hydrogens (primary N) is 3. The number of primary amides is 3. The molecule has 9 rings (SSSR count). The molecule has 15 nitrogen and oxygen atoms in total. The highest BCUT2D eigenvalue weighted by molar-refractivity contribution is 6.09. The maximum absolute atomic E-state index is 12.1. The molecule has 4 unspecified atom stereocenters. The zero-order valence-electron chi connectivity index (χ0n) is 44.9. The van der Waals surface area contributed by atoms with Crippen molar-refractivity contribution in [3.8, 4) is 0 Å². The third-order valence-corrected chi connectivity index (χ3v) is 13.7. The van der Waals surface area contributed by atoms with Crippen molar-refractivity contribution in [3.05, 3.63) is 119 Å². The fraction of sp³-hybridized carbons (Fsp3) is 0.433. The maximum atomic E-state index is 12.1. The number of hydrogen-bond acceptors (Lipinski definition) is 9. The molecule has 1 saturated carbocycles. The Bertz CT molecular complexity index is 3160. The number of allylic oxidation sites excluding steroid dienone is 4. The summed E-state index contributed by atoms with van der Waals surface area (Å²) in [5, 5.41) is 3.03. The van der Waals surface area contributed by atoms with Crippen molar-refractivity contribution >= 4 is 79.5 Å². The number of carbonyl (C=O) groups excluding carboxylic acids is 6. The Balaban J connectivity index is 0.000000164. The van der Waals surface area contributed by atoms with Crippen LogP contribution in [0.3, 0.4) is 0 Å². The van der Waals surface area contributed by atoms with Crippen LogP contribution >= 0.6 is 0 Å². The summed E-state index contributed by atoms with van der Waals surface area (Å²) in [5.74, 6) is -0.540. The van der Waals surface area contributed by atoms with E-state index in [1.807, 2.05) is 117 Å². The molecule has 3 amide bonds. The molecule has 3 aliphatic carbocycles. The van der Waals surface area contributed by atoms with Gasteiger partial charge in [-0.1, -0.05) is 30.4 Å². The number of ether oxygens (including phenoxy) is 3. The Morgan fingerprint density at radius 2 is 0.960 bits per heavy atom. The van der Waals surface area contributed by atoms with Crippen LogP contribution in [-0.2, 0) is 28.6 Å². The SMILES string of the molecule is CC(C)(C)OC(=O)CC1C=C(c2ccc(C(N)=O)c3[nH]ccc23)CC1.CC(C)(C)OC(=O)CC1CC=C(c2ccc(C(N)=O)c3[nH]ccc23)C1.CC(C)(C)OC(=O)CC1CCC(c2ccc(C(N)=O)c3[nH]ccc23)C1. The number of nitrogens with one attached hydrogen (secondary N) is 3. The third kappa shape index (κ3) is 14.3. The molecule has 0 spiro atoms. The maximum Gasteiger partial charge on any atom is 0.306 e. The standard InChI is InChI=1S/C20H26N2O3.2C20H24N2O3/c3*1-20(2,3)25-17(23)11-12-4-5-13(10-12)14-6-7-16(19(21)24)18-15(14)8-9-22-18/h6-9,12-13,22H,4-5,10-11H2,1-3H3,(H2,21,24);6-10,12,22H,4-5,11H2,1-3H3,(H2,21,24);5-9,12,22H,4,10-11H2,1-3H3,(H2,21,24). The van der Waals surface area contributed by atoms with Gasteiger partial charge >= 0.3 is 17.9 Å². The minimum Gasteiger partial charge on any atom is -0.460 e. The summed E-state index contributed by atoms with van der Waals surface area (Å²) < 4.78 is 16.3. The molecular weight excluding hydrogens is 949 g/mol. The lowest BCUT2D eigenvalue weighted by molar-refractivity contribution is -0.157. The molecule has 0 saturated heterocycles. The van der Waals surface area contributed by atoms with Crippen molar-refractivity contribution in [3.63, 3.8) is 0 Å². The van der Waals surface area contributed by atoms with Crippen LogP contribution in [0.25, 0.3) is 43.9 Å². The fourth-order valence-corrected chi connectivity index (χ4v) is 10.7. The molecule has 0 radical (unpaired) electrons. The summed E-state index contributed by atoms with van der Waals surface area (Å²) in [6.45, 7) is 17.0. The molecule has 15 heteroatoms. The first-order valence-electron chi connectivity index (χ1n) is 26.0. The van der Waals surface area contributed by atoms with E-state index >= 15 is 0 Å². The minimum atomic E-state index is -0.454. The second-order valence-corrected chi connectivity index (χ2v) is 23.2. The summed E-state index contributed by atoms with van der Waals surface area (Å²) >= 11 is 0. The largest absolute Gasteiger partial charge is 0.460 e. The summed E-state index contributed by atoms with van der Waals surface area (Å²) in [7, 11) is 0. The van der Waals surface area contributed by atoms with Gasteiger partial charge < -0.3 is 46.4 Å². The quantitative estimate of drug-likeness (QED) is 0.0503. The predicted octanol–water partition coefficient (Wildman–Crippen LogP) is 11.5. The van der Waals surface area contributed by atoms with Gasteiger partial charge in [0.15, 0.2) is 0 Å². The third-order valence-electron chi connectivity index (χ3n) is 13.7. The Hall–Kier alpha value is -7.42. The molecule has 9 N–H and O–H groups in total. The van der Waals surface area contributed by atoms with Crippen molar-refractivity contribution in [2.45, 2.75) is 149 Å². The zero-order valence-corrected chi connectivity index (χ0v) is 44.9. The fourth-order valence-electron chi connectivity index (χ4n) is 10.7. The highest BCUT2D eigenvalue weighted by Gasteiger charge is 2.31. The molecule has 3 aliphatic rings. The van der Waals surface area contributed by atoms with Crippen molar-refractivity contribution in [2.75, 3.05) is 0 Å². The molecule has 6 aromatic rings. The molecule has 1 fully saturated rings. The minimum absolute atomic E-state index is 0.117.